The van der Waals surface area contributed by atoms with Gasteiger partial charge < -0.3 is 24.8 Å². The fourth-order valence-electron chi connectivity index (χ4n) is 2.26. The molecule has 2 rings (SSSR count). The van der Waals surface area contributed by atoms with Crippen molar-refractivity contribution in [1.29, 1.82) is 0 Å². The lowest BCUT2D eigenvalue weighted by molar-refractivity contribution is -0.152. The molecular weight excluding hydrogens is 400 g/mol. The Kier molecular flexibility index (Phi) is 7.85. The highest BCUT2D eigenvalue weighted by molar-refractivity contribution is 6.30. The van der Waals surface area contributed by atoms with Crippen LogP contribution in [0.1, 0.15) is 17.3 Å². The summed E-state index contributed by atoms with van der Waals surface area (Å²) in [7, 11) is 2.93. The van der Waals surface area contributed by atoms with E-state index < -0.39 is 30.4 Å². The molecule has 0 heterocycles. The number of hydrogen-bond acceptors (Lipinski definition) is 6. The van der Waals surface area contributed by atoms with Crippen LogP contribution in [0.2, 0.25) is 5.02 Å². The van der Waals surface area contributed by atoms with Gasteiger partial charge in [0.05, 0.1) is 14.2 Å². The van der Waals surface area contributed by atoms with Gasteiger partial charge in [-0.05, 0) is 43.3 Å². The van der Waals surface area contributed by atoms with Crippen molar-refractivity contribution in [2.75, 3.05) is 26.1 Å². The Balaban J connectivity index is 1.86. The summed E-state index contributed by atoms with van der Waals surface area (Å²) >= 11 is 5.79. The number of halogens is 1. The molecule has 0 aliphatic rings. The molecule has 0 aromatic heterocycles. The van der Waals surface area contributed by atoms with Crippen LogP contribution in [-0.4, -0.2) is 44.7 Å². The Hall–Kier alpha value is -3.26. The van der Waals surface area contributed by atoms with E-state index in [0.29, 0.717) is 22.2 Å². The van der Waals surface area contributed by atoms with E-state index in [1.807, 2.05) is 0 Å². The average molecular weight is 421 g/mol. The van der Waals surface area contributed by atoms with Crippen LogP contribution in [0.4, 0.5) is 5.69 Å². The van der Waals surface area contributed by atoms with Crippen molar-refractivity contribution in [2.45, 2.75) is 13.0 Å². The quantitative estimate of drug-likeness (QED) is 0.636. The van der Waals surface area contributed by atoms with Gasteiger partial charge in [0.15, 0.2) is 6.10 Å². The van der Waals surface area contributed by atoms with Crippen molar-refractivity contribution in [1.82, 2.24) is 5.32 Å². The second kappa shape index (κ2) is 10.3. The van der Waals surface area contributed by atoms with Crippen LogP contribution in [0, 0.1) is 0 Å². The van der Waals surface area contributed by atoms with Gasteiger partial charge in [-0.25, -0.2) is 0 Å². The molecule has 0 unspecified atom stereocenters. The number of benzene rings is 2. The van der Waals surface area contributed by atoms with Gasteiger partial charge in [0.2, 0.25) is 0 Å². The van der Waals surface area contributed by atoms with Crippen molar-refractivity contribution >= 4 is 35.1 Å². The maximum Gasteiger partial charge on any atom is 0.326 e. The molecule has 0 saturated carbocycles. The van der Waals surface area contributed by atoms with E-state index in [1.54, 1.807) is 30.3 Å². The van der Waals surface area contributed by atoms with Gasteiger partial charge in [0, 0.05) is 22.3 Å². The first-order valence-corrected chi connectivity index (χ1v) is 8.97. The third-order valence-corrected chi connectivity index (χ3v) is 4.05. The van der Waals surface area contributed by atoms with Gasteiger partial charge in [0.25, 0.3) is 11.8 Å². The number of esters is 1. The first kappa shape index (κ1) is 22.0. The zero-order valence-corrected chi connectivity index (χ0v) is 16.9. The molecule has 0 radical (unpaired) electrons. The van der Waals surface area contributed by atoms with Crippen LogP contribution in [0.3, 0.4) is 0 Å². The molecule has 0 aliphatic carbocycles. The molecular formula is C20H21ClN2O6. The molecule has 29 heavy (non-hydrogen) atoms. The lowest BCUT2D eigenvalue weighted by Crippen LogP contribution is -2.35. The van der Waals surface area contributed by atoms with E-state index >= 15 is 0 Å². The Morgan fingerprint density at radius 3 is 2.14 bits per heavy atom. The summed E-state index contributed by atoms with van der Waals surface area (Å²) in [5.41, 5.74) is 0.769. The summed E-state index contributed by atoms with van der Waals surface area (Å²) in [5, 5.41) is 5.57. The van der Waals surface area contributed by atoms with Crippen LogP contribution < -0.4 is 20.1 Å². The molecule has 1 atom stereocenters. The molecule has 2 aromatic rings. The number of nitrogens with one attached hydrogen (secondary N) is 2. The Morgan fingerprint density at radius 1 is 1.00 bits per heavy atom. The molecule has 0 saturated heterocycles. The SMILES string of the molecule is COc1cc(OC)cc(C(=O)NCC(=O)O[C@H](C)C(=O)Nc2ccc(Cl)cc2)c1. The number of carbonyl (C=O) groups excluding carboxylic acids is 3. The number of carbonyl (C=O) groups is 3. The summed E-state index contributed by atoms with van der Waals surface area (Å²) in [6.45, 7) is 1.02. The van der Waals surface area contributed by atoms with Gasteiger partial charge >= 0.3 is 5.97 Å². The number of rotatable bonds is 8. The van der Waals surface area contributed by atoms with Gasteiger partial charge in [-0.2, -0.15) is 0 Å². The van der Waals surface area contributed by atoms with Crippen LogP contribution in [0.25, 0.3) is 0 Å². The molecule has 2 amide bonds. The fraction of sp³-hybridized carbons (Fsp3) is 0.250. The molecule has 0 bridgehead atoms. The Bertz CT molecular complexity index is 863. The zero-order valence-electron chi connectivity index (χ0n) is 16.2. The van der Waals surface area contributed by atoms with Crippen LogP contribution in [0.5, 0.6) is 11.5 Å². The standard InChI is InChI=1S/C20H21ClN2O6/c1-12(19(25)23-15-6-4-14(21)5-7-15)29-18(24)11-22-20(26)13-8-16(27-2)10-17(9-13)28-3/h4-10,12H,11H2,1-3H3,(H,22,26)(H,23,25)/t12-/m1/s1. The lowest BCUT2D eigenvalue weighted by Gasteiger charge is -2.14. The second-order valence-corrected chi connectivity index (χ2v) is 6.35. The molecule has 2 N–H and O–H groups in total. The van der Waals surface area contributed by atoms with Gasteiger partial charge in [0.1, 0.15) is 18.0 Å². The minimum Gasteiger partial charge on any atom is -0.497 e. The lowest BCUT2D eigenvalue weighted by atomic mass is 10.2. The highest BCUT2D eigenvalue weighted by atomic mass is 35.5. The highest BCUT2D eigenvalue weighted by Gasteiger charge is 2.19. The number of hydrogen-bond donors (Lipinski definition) is 2. The van der Waals surface area contributed by atoms with Gasteiger partial charge in [-0.3, -0.25) is 14.4 Å². The van der Waals surface area contributed by atoms with E-state index in [-0.39, 0.29) is 5.56 Å². The van der Waals surface area contributed by atoms with Crippen molar-refractivity contribution in [3.05, 3.63) is 53.1 Å². The highest BCUT2D eigenvalue weighted by Crippen LogP contribution is 2.22. The summed E-state index contributed by atoms with van der Waals surface area (Å²) in [5.74, 6) is -0.914. The summed E-state index contributed by atoms with van der Waals surface area (Å²) in [4.78, 5) is 36.3. The number of anilines is 1. The minimum absolute atomic E-state index is 0.252. The molecule has 0 aliphatic heterocycles. The predicted molar refractivity (Wildman–Crippen MR) is 108 cm³/mol. The van der Waals surface area contributed by atoms with Crippen molar-refractivity contribution in [2.24, 2.45) is 0 Å². The molecule has 8 nitrogen and oxygen atoms in total. The molecule has 2 aromatic carbocycles. The zero-order chi connectivity index (χ0) is 21.4. The normalized spacial score (nSPS) is 11.2. The second-order valence-electron chi connectivity index (χ2n) is 5.91. The van der Waals surface area contributed by atoms with E-state index in [2.05, 4.69) is 10.6 Å². The summed E-state index contributed by atoms with van der Waals surface area (Å²) in [6.07, 6.45) is -1.05. The van der Waals surface area contributed by atoms with Crippen LogP contribution >= 0.6 is 11.6 Å². The van der Waals surface area contributed by atoms with Crippen LogP contribution in [0.15, 0.2) is 42.5 Å². The third kappa shape index (κ3) is 6.69. The topological polar surface area (TPSA) is 103 Å². The van der Waals surface area contributed by atoms with Crippen molar-refractivity contribution in [3.63, 3.8) is 0 Å². The maximum absolute atomic E-state index is 12.3. The minimum atomic E-state index is -1.05. The van der Waals surface area contributed by atoms with Gasteiger partial charge in [-0.15, -0.1) is 0 Å². The third-order valence-electron chi connectivity index (χ3n) is 3.80. The molecule has 0 spiro atoms. The first-order valence-electron chi connectivity index (χ1n) is 8.59. The Morgan fingerprint density at radius 2 is 1.59 bits per heavy atom. The average Bonchev–Trinajstić information content (AvgIpc) is 2.72. The smallest absolute Gasteiger partial charge is 0.326 e. The predicted octanol–water partition coefficient (Wildman–Crippen LogP) is 2.66. The van der Waals surface area contributed by atoms with E-state index in [4.69, 9.17) is 25.8 Å². The number of amides is 2. The molecule has 154 valence electrons. The van der Waals surface area contributed by atoms with E-state index in [9.17, 15) is 14.4 Å². The fourth-order valence-corrected chi connectivity index (χ4v) is 2.39. The molecule has 0 fully saturated rings. The molecule has 9 heteroatoms. The monoisotopic (exact) mass is 420 g/mol. The maximum atomic E-state index is 12.3. The van der Waals surface area contributed by atoms with Crippen molar-refractivity contribution in [3.8, 4) is 11.5 Å². The van der Waals surface area contributed by atoms with Crippen molar-refractivity contribution < 1.29 is 28.6 Å². The largest absolute Gasteiger partial charge is 0.497 e. The van der Waals surface area contributed by atoms with E-state index in [0.717, 1.165) is 0 Å². The van der Waals surface area contributed by atoms with Crippen LogP contribution in [-0.2, 0) is 14.3 Å². The number of ether oxygens (including phenoxy) is 3. The van der Waals surface area contributed by atoms with E-state index in [1.165, 1.54) is 33.3 Å². The Labute approximate surface area is 173 Å². The first-order chi connectivity index (χ1) is 13.8. The number of methoxy groups -OCH3 is 2. The summed E-state index contributed by atoms with van der Waals surface area (Å²) < 4.78 is 15.3. The summed E-state index contributed by atoms with van der Waals surface area (Å²) in [6, 6.07) is 11.1. The van der Waals surface area contributed by atoms with Gasteiger partial charge in [-0.1, -0.05) is 11.6 Å².